The molecule has 0 spiro atoms. The molecule has 17 heavy (non-hydrogen) atoms. The second-order valence-corrected chi connectivity index (χ2v) is 7.37. The summed E-state index contributed by atoms with van der Waals surface area (Å²) in [6.07, 6.45) is 0.316. The van der Waals surface area contributed by atoms with Gasteiger partial charge in [-0.1, -0.05) is 0 Å². The Hall–Kier alpha value is -0.910. The topological polar surface area (TPSA) is 77.5 Å². The van der Waals surface area contributed by atoms with Crippen molar-refractivity contribution in [3.8, 4) is 0 Å². The Bertz CT molecular complexity index is 423. The Morgan fingerprint density at radius 1 is 1.47 bits per heavy atom. The first-order valence-corrected chi connectivity index (χ1v) is 7.34. The van der Waals surface area contributed by atoms with Gasteiger partial charge in [-0.15, -0.1) is 0 Å². The highest BCUT2D eigenvalue weighted by atomic mass is 32.2. The fourth-order valence-corrected chi connectivity index (χ4v) is 2.94. The van der Waals surface area contributed by atoms with Crippen LogP contribution in [0.2, 0.25) is 0 Å². The number of hydrogen-bond acceptors (Lipinski definition) is 5. The molecule has 1 aliphatic rings. The van der Waals surface area contributed by atoms with E-state index >= 15 is 0 Å². The molecule has 1 aliphatic heterocycles. The fraction of sp³-hybridized carbons (Fsp3) is 0.818. The van der Waals surface area contributed by atoms with Crippen molar-refractivity contribution in [1.29, 1.82) is 0 Å². The van der Waals surface area contributed by atoms with Crippen molar-refractivity contribution < 1.29 is 22.7 Å². The zero-order valence-corrected chi connectivity index (χ0v) is 11.2. The number of hydrogen-bond donors (Lipinski definition) is 0. The Morgan fingerprint density at radius 2 is 2.06 bits per heavy atom. The molecule has 0 aliphatic carbocycles. The largest absolute Gasteiger partial charge is 0.465 e. The van der Waals surface area contributed by atoms with Gasteiger partial charge < -0.3 is 4.74 Å². The zero-order chi connectivity index (χ0) is 13.3. The first-order valence-electron chi connectivity index (χ1n) is 5.62. The molecule has 1 heterocycles. The average Bonchev–Trinajstić information content (AvgIpc) is 2.58. The SMILES string of the molecule is CC(=O)C1(CCS(=O)(=O)C(C)C)CCOC1=O. The molecule has 6 heteroatoms. The lowest BCUT2D eigenvalue weighted by Gasteiger charge is -2.21. The quantitative estimate of drug-likeness (QED) is 0.539. The van der Waals surface area contributed by atoms with Crippen molar-refractivity contribution in [2.75, 3.05) is 12.4 Å². The number of ketones is 1. The second kappa shape index (κ2) is 4.76. The van der Waals surface area contributed by atoms with E-state index in [0.29, 0.717) is 0 Å². The van der Waals surface area contributed by atoms with Gasteiger partial charge in [0.05, 0.1) is 17.6 Å². The van der Waals surface area contributed by atoms with Gasteiger partial charge in [0, 0.05) is 6.42 Å². The molecule has 1 atom stereocenters. The van der Waals surface area contributed by atoms with E-state index in [2.05, 4.69) is 0 Å². The minimum Gasteiger partial charge on any atom is -0.465 e. The standard InChI is InChI=1S/C11H18O5S/c1-8(2)17(14,15)7-5-11(9(3)12)4-6-16-10(11)13/h8H,4-7H2,1-3H3. The van der Waals surface area contributed by atoms with Crippen LogP contribution in [0.15, 0.2) is 0 Å². The smallest absolute Gasteiger partial charge is 0.319 e. The molecule has 1 fully saturated rings. The summed E-state index contributed by atoms with van der Waals surface area (Å²) < 4.78 is 28.2. The van der Waals surface area contributed by atoms with E-state index in [1.165, 1.54) is 6.92 Å². The Morgan fingerprint density at radius 3 is 2.41 bits per heavy atom. The van der Waals surface area contributed by atoms with Crippen LogP contribution in [0.1, 0.15) is 33.6 Å². The molecule has 0 aromatic rings. The Labute approximate surface area is 101 Å². The van der Waals surface area contributed by atoms with Crippen molar-refractivity contribution in [1.82, 2.24) is 0 Å². The summed E-state index contributed by atoms with van der Waals surface area (Å²) in [6, 6.07) is 0. The molecule has 5 nitrogen and oxygen atoms in total. The summed E-state index contributed by atoms with van der Waals surface area (Å²) in [5.74, 6) is -1.04. The van der Waals surface area contributed by atoms with Crippen molar-refractivity contribution in [2.45, 2.75) is 38.9 Å². The average molecular weight is 262 g/mol. The zero-order valence-electron chi connectivity index (χ0n) is 10.4. The highest BCUT2D eigenvalue weighted by Gasteiger charge is 2.49. The van der Waals surface area contributed by atoms with Gasteiger partial charge in [-0.25, -0.2) is 8.42 Å². The summed E-state index contributed by atoms with van der Waals surface area (Å²) in [5, 5.41) is -0.496. The van der Waals surface area contributed by atoms with Gasteiger partial charge in [-0.2, -0.15) is 0 Å². The molecule has 0 amide bonds. The summed E-state index contributed by atoms with van der Waals surface area (Å²) in [4.78, 5) is 23.2. The Balaban J connectivity index is 2.85. The van der Waals surface area contributed by atoms with E-state index in [4.69, 9.17) is 4.74 Å². The van der Waals surface area contributed by atoms with E-state index in [1.807, 2.05) is 0 Å². The minimum absolute atomic E-state index is 0.0294. The van der Waals surface area contributed by atoms with Gasteiger partial charge in [0.15, 0.2) is 9.84 Å². The molecule has 0 aromatic heterocycles. The number of carbonyl (C=O) groups excluding carboxylic acids is 2. The van der Waals surface area contributed by atoms with Crippen LogP contribution >= 0.6 is 0 Å². The van der Waals surface area contributed by atoms with Crippen LogP contribution in [0.25, 0.3) is 0 Å². The number of sulfone groups is 1. The minimum atomic E-state index is -3.24. The van der Waals surface area contributed by atoms with Crippen molar-refractivity contribution in [2.24, 2.45) is 5.41 Å². The lowest BCUT2D eigenvalue weighted by Crippen LogP contribution is -2.37. The molecular formula is C11H18O5S. The maximum absolute atomic E-state index is 11.7. The Kier molecular flexibility index (Phi) is 3.96. The van der Waals surface area contributed by atoms with Gasteiger partial charge in [0.25, 0.3) is 0 Å². The molecule has 1 saturated heterocycles. The second-order valence-electron chi connectivity index (χ2n) is 4.69. The number of cyclic esters (lactones) is 1. The summed E-state index contributed by atoms with van der Waals surface area (Å²) in [6.45, 7) is 4.68. The van der Waals surface area contributed by atoms with Crippen LogP contribution in [-0.2, 0) is 24.2 Å². The fourth-order valence-electron chi connectivity index (χ4n) is 1.83. The normalized spacial score (nSPS) is 25.1. The maximum atomic E-state index is 11.7. The van der Waals surface area contributed by atoms with Crippen molar-refractivity contribution >= 4 is 21.6 Å². The first-order chi connectivity index (χ1) is 7.72. The van der Waals surface area contributed by atoms with Crippen LogP contribution in [0.4, 0.5) is 0 Å². The first kappa shape index (κ1) is 14.2. The predicted molar refractivity (Wildman–Crippen MR) is 62.2 cm³/mol. The highest BCUT2D eigenvalue weighted by Crippen LogP contribution is 2.35. The molecule has 98 valence electrons. The summed E-state index contributed by atoms with van der Waals surface area (Å²) in [5.41, 5.74) is -1.23. The van der Waals surface area contributed by atoms with Crippen LogP contribution in [0, 0.1) is 5.41 Å². The third kappa shape index (κ3) is 2.68. The van der Waals surface area contributed by atoms with Gasteiger partial charge in [0.2, 0.25) is 0 Å². The van der Waals surface area contributed by atoms with Gasteiger partial charge >= 0.3 is 5.97 Å². The molecule has 0 aromatic carbocycles. The van der Waals surface area contributed by atoms with Crippen molar-refractivity contribution in [3.63, 3.8) is 0 Å². The van der Waals surface area contributed by atoms with Crippen LogP contribution in [-0.4, -0.2) is 37.8 Å². The number of esters is 1. The summed E-state index contributed by atoms with van der Waals surface area (Å²) in [7, 11) is -3.24. The number of ether oxygens (including phenoxy) is 1. The molecule has 0 N–H and O–H groups in total. The molecule has 0 radical (unpaired) electrons. The third-order valence-corrected chi connectivity index (χ3v) is 5.57. The van der Waals surface area contributed by atoms with Crippen LogP contribution < -0.4 is 0 Å². The monoisotopic (exact) mass is 262 g/mol. The molecular weight excluding hydrogens is 244 g/mol. The number of carbonyl (C=O) groups is 2. The van der Waals surface area contributed by atoms with E-state index in [9.17, 15) is 18.0 Å². The summed E-state index contributed by atoms with van der Waals surface area (Å²) >= 11 is 0. The molecule has 1 rings (SSSR count). The van der Waals surface area contributed by atoms with E-state index in [1.54, 1.807) is 13.8 Å². The van der Waals surface area contributed by atoms with Gasteiger partial charge in [-0.05, 0) is 27.2 Å². The predicted octanol–water partition coefficient (Wildman–Crippen LogP) is 0.722. The highest BCUT2D eigenvalue weighted by molar-refractivity contribution is 7.91. The van der Waals surface area contributed by atoms with Crippen LogP contribution in [0.5, 0.6) is 0 Å². The lowest BCUT2D eigenvalue weighted by atomic mass is 9.80. The molecule has 0 bridgehead atoms. The van der Waals surface area contributed by atoms with Crippen LogP contribution in [0.3, 0.4) is 0 Å². The molecule has 0 saturated carbocycles. The van der Waals surface area contributed by atoms with Crippen molar-refractivity contribution in [3.05, 3.63) is 0 Å². The van der Waals surface area contributed by atoms with E-state index < -0.39 is 26.5 Å². The van der Waals surface area contributed by atoms with E-state index in [0.717, 1.165) is 0 Å². The van der Waals surface area contributed by atoms with E-state index in [-0.39, 0.29) is 31.0 Å². The maximum Gasteiger partial charge on any atom is 0.319 e. The lowest BCUT2D eigenvalue weighted by molar-refractivity contribution is -0.150. The van der Waals surface area contributed by atoms with Gasteiger partial charge in [0.1, 0.15) is 11.2 Å². The number of Topliss-reactive ketones (excluding diaryl/α,β-unsaturated/α-hetero) is 1. The van der Waals surface area contributed by atoms with Gasteiger partial charge in [-0.3, -0.25) is 9.59 Å². The molecule has 1 unspecified atom stereocenters. The third-order valence-electron chi connectivity index (χ3n) is 3.36. The number of rotatable bonds is 5.